The van der Waals surface area contributed by atoms with Crippen molar-refractivity contribution in [1.82, 2.24) is 19.8 Å². The Labute approximate surface area is 102 Å². The minimum absolute atomic E-state index is 0.117. The Balaban J connectivity index is 2.26. The zero-order valence-electron chi connectivity index (χ0n) is 9.15. The molecule has 6 nitrogen and oxygen atoms in total. The van der Waals surface area contributed by atoms with Crippen LogP contribution in [0.4, 0.5) is 0 Å². The molecule has 3 aromatic rings. The van der Waals surface area contributed by atoms with Crippen LogP contribution in [0.3, 0.4) is 0 Å². The Bertz CT molecular complexity index is 771. The van der Waals surface area contributed by atoms with Gasteiger partial charge in [-0.3, -0.25) is 0 Å². The van der Waals surface area contributed by atoms with Crippen molar-refractivity contribution >= 4 is 5.65 Å². The second kappa shape index (κ2) is 3.82. The number of aromatic nitrogens is 4. The summed E-state index contributed by atoms with van der Waals surface area (Å²) in [5.74, 6) is 0.117. The molecule has 2 aromatic heterocycles. The molecular weight excluding hydrogens is 230 g/mol. The minimum atomic E-state index is 0.117. The average Bonchev–Trinajstić information content (AvgIpc) is 2.82. The quantitative estimate of drug-likeness (QED) is 0.690. The molecule has 0 spiro atoms. The number of hydrogen-bond donors (Lipinski definition) is 1. The summed E-state index contributed by atoms with van der Waals surface area (Å²) in [6.07, 6.45) is 2.99. The normalized spacial score (nSPS) is 10.4. The summed E-state index contributed by atoms with van der Waals surface area (Å²) in [6.45, 7) is 0. The molecule has 0 aliphatic heterocycles. The lowest BCUT2D eigenvalue weighted by molar-refractivity contribution is 0.477. The Morgan fingerprint density at radius 3 is 2.89 bits per heavy atom. The van der Waals surface area contributed by atoms with Gasteiger partial charge in [0.15, 0.2) is 5.65 Å². The van der Waals surface area contributed by atoms with Gasteiger partial charge in [0.05, 0.1) is 11.8 Å². The largest absolute Gasteiger partial charge is 0.507 e. The van der Waals surface area contributed by atoms with E-state index < -0.39 is 0 Å². The number of fused-ring (bicyclic) bond motifs is 1. The summed E-state index contributed by atoms with van der Waals surface area (Å²) in [4.78, 5) is 4.13. The molecule has 0 bridgehead atoms. The molecule has 6 heteroatoms. The third-order valence-electron chi connectivity index (χ3n) is 2.55. The topological polar surface area (TPSA) is 87.1 Å². The zero-order valence-corrected chi connectivity index (χ0v) is 9.15. The molecule has 0 amide bonds. The molecule has 86 valence electrons. The van der Waals surface area contributed by atoms with E-state index in [9.17, 15) is 5.11 Å². The first kappa shape index (κ1) is 10.2. The number of rotatable bonds is 1. The molecule has 0 aliphatic rings. The van der Waals surface area contributed by atoms with Crippen LogP contribution in [0.2, 0.25) is 0 Å². The third-order valence-corrected chi connectivity index (χ3v) is 2.55. The molecule has 3 rings (SSSR count). The summed E-state index contributed by atoms with van der Waals surface area (Å²) < 4.78 is 1.42. The van der Waals surface area contributed by atoms with Gasteiger partial charge < -0.3 is 5.11 Å². The fourth-order valence-electron chi connectivity index (χ4n) is 1.70. The van der Waals surface area contributed by atoms with Gasteiger partial charge in [-0.05, 0) is 12.1 Å². The number of hydrogen-bond acceptors (Lipinski definition) is 5. The van der Waals surface area contributed by atoms with Gasteiger partial charge in [0.25, 0.3) is 0 Å². The van der Waals surface area contributed by atoms with Crippen molar-refractivity contribution in [3.63, 3.8) is 0 Å². The Kier molecular flexibility index (Phi) is 2.17. The number of para-hydroxylation sites is 1. The fourth-order valence-corrected chi connectivity index (χ4v) is 1.70. The van der Waals surface area contributed by atoms with Crippen LogP contribution in [-0.2, 0) is 0 Å². The van der Waals surface area contributed by atoms with Gasteiger partial charge in [-0.25, -0.2) is 9.50 Å². The Hall–Kier alpha value is -2.94. The first-order valence-corrected chi connectivity index (χ1v) is 5.19. The molecule has 1 aromatic carbocycles. The first-order valence-electron chi connectivity index (χ1n) is 5.19. The molecule has 1 N–H and O–H groups in total. The molecule has 0 unspecified atom stereocenters. The van der Waals surface area contributed by atoms with Crippen molar-refractivity contribution in [2.45, 2.75) is 0 Å². The van der Waals surface area contributed by atoms with E-state index in [2.05, 4.69) is 15.3 Å². The van der Waals surface area contributed by atoms with Crippen molar-refractivity contribution in [3.8, 4) is 23.1 Å². The summed E-state index contributed by atoms with van der Waals surface area (Å²) in [5.41, 5.74) is 1.94. The molecule has 2 heterocycles. The Morgan fingerprint density at radius 2 is 2.11 bits per heavy atom. The van der Waals surface area contributed by atoms with Gasteiger partial charge in [-0.1, -0.05) is 17.3 Å². The second-order valence-corrected chi connectivity index (χ2v) is 3.68. The highest BCUT2D eigenvalue weighted by molar-refractivity contribution is 5.77. The van der Waals surface area contributed by atoms with Gasteiger partial charge in [-0.2, -0.15) is 5.26 Å². The predicted molar refractivity (Wildman–Crippen MR) is 62.6 cm³/mol. The summed E-state index contributed by atoms with van der Waals surface area (Å²) in [7, 11) is 0. The van der Waals surface area contributed by atoms with Crippen LogP contribution in [0, 0.1) is 11.3 Å². The maximum Gasteiger partial charge on any atom is 0.183 e. The fraction of sp³-hybridized carbons (Fsp3) is 0. The highest BCUT2D eigenvalue weighted by Crippen LogP contribution is 2.28. The monoisotopic (exact) mass is 237 g/mol. The molecule has 0 saturated heterocycles. The van der Waals surface area contributed by atoms with E-state index in [0.717, 1.165) is 0 Å². The van der Waals surface area contributed by atoms with E-state index >= 15 is 0 Å². The van der Waals surface area contributed by atoms with Crippen LogP contribution >= 0.6 is 0 Å². The van der Waals surface area contributed by atoms with Crippen LogP contribution in [0.25, 0.3) is 16.9 Å². The maximum absolute atomic E-state index is 9.79. The standard InChI is InChI=1S/C12H7N5O/c13-5-8-6-14-12-11(15-16-17(12)7-8)9-3-1-2-4-10(9)18/h1-4,6-7,18H. The third kappa shape index (κ3) is 1.46. The van der Waals surface area contributed by atoms with Crippen molar-refractivity contribution in [2.24, 2.45) is 0 Å². The Morgan fingerprint density at radius 1 is 1.28 bits per heavy atom. The van der Waals surface area contributed by atoms with E-state index in [1.165, 1.54) is 10.7 Å². The lowest BCUT2D eigenvalue weighted by Gasteiger charge is -1.99. The molecule has 0 aliphatic carbocycles. The van der Waals surface area contributed by atoms with E-state index in [1.54, 1.807) is 30.5 Å². The molecule has 0 radical (unpaired) electrons. The first-order chi connectivity index (χ1) is 8.79. The number of nitriles is 1. The van der Waals surface area contributed by atoms with Crippen molar-refractivity contribution in [3.05, 3.63) is 42.2 Å². The summed E-state index contributed by atoms with van der Waals surface area (Å²) >= 11 is 0. The van der Waals surface area contributed by atoms with Crippen LogP contribution in [0.5, 0.6) is 5.75 Å². The van der Waals surface area contributed by atoms with Crippen molar-refractivity contribution in [2.75, 3.05) is 0 Å². The second-order valence-electron chi connectivity index (χ2n) is 3.68. The van der Waals surface area contributed by atoms with Crippen molar-refractivity contribution < 1.29 is 5.11 Å². The van der Waals surface area contributed by atoms with E-state index in [0.29, 0.717) is 22.5 Å². The van der Waals surface area contributed by atoms with Crippen LogP contribution in [-0.4, -0.2) is 24.9 Å². The summed E-state index contributed by atoms with van der Waals surface area (Å²) in [5, 5.41) is 26.4. The van der Waals surface area contributed by atoms with Gasteiger partial charge in [0, 0.05) is 11.8 Å². The van der Waals surface area contributed by atoms with Crippen LogP contribution in [0.15, 0.2) is 36.7 Å². The smallest absolute Gasteiger partial charge is 0.183 e. The lowest BCUT2D eigenvalue weighted by Crippen LogP contribution is -1.91. The predicted octanol–water partition coefficient (Wildman–Crippen LogP) is 1.37. The summed E-state index contributed by atoms with van der Waals surface area (Å²) in [6, 6.07) is 8.81. The number of aromatic hydroxyl groups is 1. The van der Waals surface area contributed by atoms with E-state index in [4.69, 9.17) is 5.26 Å². The van der Waals surface area contributed by atoms with Gasteiger partial charge in [-0.15, -0.1) is 5.10 Å². The van der Waals surface area contributed by atoms with Crippen LogP contribution < -0.4 is 0 Å². The SMILES string of the molecule is N#Cc1cnc2c(-c3ccccc3O)nnn2c1. The number of nitrogens with zero attached hydrogens (tertiary/aromatic N) is 5. The molecule has 0 atom stereocenters. The molecule has 0 saturated carbocycles. The number of phenolic OH excluding ortho intramolecular Hbond substituents is 1. The van der Waals surface area contributed by atoms with E-state index in [-0.39, 0.29) is 5.75 Å². The minimum Gasteiger partial charge on any atom is -0.507 e. The van der Waals surface area contributed by atoms with Gasteiger partial charge >= 0.3 is 0 Å². The number of phenols is 1. The number of benzene rings is 1. The highest BCUT2D eigenvalue weighted by atomic mass is 16.3. The van der Waals surface area contributed by atoms with Gasteiger partial charge in [0.1, 0.15) is 17.5 Å². The molecule has 0 fully saturated rings. The van der Waals surface area contributed by atoms with Crippen molar-refractivity contribution in [1.29, 1.82) is 5.26 Å². The zero-order chi connectivity index (χ0) is 12.5. The average molecular weight is 237 g/mol. The lowest BCUT2D eigenvalue weighted by atomic mass is 10.1. The molecule has 18 heavy (non-hydrogen) atoms. The van der Waals surface area contributed by atoms with Gasteiger partial charge in [0.2, 0.25) is 0 Å². The van der Waals surface area contributed by atoms with Crippen LogP contribution in [0.1, 0.15) is 5.56 Å². The highest BCUT2D eigenvalue weighted by Gasteiger charge is 2.13. The maximum atomic E-state index is 9.79. The van der Waals surface area contributed by atoms with E-state index in [1.807, 2.05) is 6.07 Å². The molecular formula is C12H7N5O.